The van der Waals surface area contributed by atoms with E-state index in [0.29, 0.717) is 21.5 Å². The molecule has 0 aliphatic rings. The van der Waals surface area contributed by atoms with Crippen molar-refractivity contribution in [3.05, 3.63) is 57.0 Å². The minimum Gasteiger partial charge on any atom is -0.479 e. The summed E-state index contributed by atoms with van der Waals surface area (Å²) in [6.45, 7) is 1.64. The van der Waals surface area contributed by atoms with Crippen LogP contribution in [-0.2, 0) is 4.79 Å². The van der Waals surface area contributed by atoms with Crippen LogP contribution < -0.4 is 10.1 Å². The van der Waals surface area contributed by atoms with Crippen LogP contribution in [0, 0.1) is 0 Å². The van der Waals surface area contributed by atoms with Crippen molar-refractivity contribution in [2.75, 3.05) is 5.32 Å². The highest BCUT2D eigenvalue weighted by atomic mass is 79.9. The third-order valence-electron chi connectivity index (χ3n) is 2.70. The molecule has 1 atom stereocenters. The van der Waals surface area contributed by atoms with Gasteiger partial charge in [-0.05, 0) is 43.3 Å². The van der Waals surface area contributed by atoms with Crippen LogP contribution in [0.2, 0.25) is 10.0 Å². The van der Waals surface area contributed by atoms with Crippen LogP contribution >= 0.6 is 39.1 Å². The Morgan fingerprint density at radius 2 is 1.86 bits per heavy atom. The fourth-order valence-corrected chi connectivity index (χ4v) is 2.20. The number of halogens is 3. The van der Waals surface area contributed by atoms with Crippen LogP contribution in [0.1, 0.15) is 6.92 Å². The van der Waals surface area contributed by atoms with Gasteiger partial charge in [-0.2, -0.15) is 0 Å². The Bertz CT molecular complexity index is 647. The molecule has 0 fully saturated rings. The second-order valence-electron chi connectivity index (χ2n) is 4.31. The van der Waals surface area contributed by atoms with E-state index in [1.54, 1.807) is 37.3 Å². The highest BCUT2D eigenvalue weighted by Crippen LogP contribution is 2.32. The van der Waals surface area contributed by atoms with Crippen molar-refractivity contribution in [2.24, 2.45) is 0 Å². The largest absolute Gasteiger partial charge is 0.479 e. The van der Waals surface area contributed by atoms with E-state index in [2.05, 4.69) is 21.2 Å². The summed E-state index contributed by atoms with van der Waals surface area (Å²) in [5, 5.41) is 3.44. The number of anilines is 1. The number of nitrogens with one attached hydrogen (secondary N) is 1. The molecule has 0 aromatic heterocycles. The van der Waals surface area contributed by atoms with Crippen molar-refractivity contribution < 1.29 is 9.53 Å². The third kappa shape index (κ3) is 4.37. The molecule has 0 aliphatic heterocycles. The van der Waals surface area contributed by atoms with E-state index in [0.717, 1.165) is 4.47 Å². The molecule has 3 nitrogen and oxygen atoms in total. The zero-order valence-electron chi connectivity index (χ0n) is 11.1. The monoisotopic (exact) mass is 387 g/mol. The van der Waals surface area contributed by atoms with E-state index in [1.807, 2.05) is 12.1 Å². The quantitative estimate of drug-likeness (QED) is 0.785. The number of rotatable bonds is 4. The predicted octanol–water partition coefficient (Wildman–Crippen LogP) is 5.16. The second kappa shape index (κ2) is 7.16. The van der Waals surface area contributed by atoms with Gasteiger partial charge in [-0.25, -0.2) is 0 Å². The van der Waals surface area contributed by atoms with Gasteiger partial charge >= 0.3 is 0 Å². The number of carbonyl (C=O) groups is 1. The molecule has 21 heavy (non-hydrogen) atoms. The first-order valence-electron chi connectivity index (χ1n) is 6.14. The smallest absolute Gasteiger partial charge is 0.265 e. The third-order valence-corrected chi connectivity index (χ3v) is 4.03. The molecule has 0 bridgehead atoms. The summed E-state index contributed by atoms with van der Waals surface area (Å²) in [7, 11) is 0. The SMILES string of the molecule is C[C@@H](Oc1cccc(Cl)c1Cl)C(=O)Nc1ccc(Br)cc1. The minimum absolute atomic E-state index is 0.270. The normalized spacial score (nSPS) is 11.8. The lowest BCUT2D eigenvalue weighted by Gasteiger charge is -2.16. The first-order chi connectivity index (χ1) is 9.97. The molecule has 2 aromatic carbocycles. The van der Waals surface area contributed by atoms with Crippen LogP contribution in [0.4, 0.5) is 5.69 Å². The maximum Gasteiger partial charge on any atom is 0.265 e. The highest BCUT2D eigenvalue weighted by molar-refractivity contribution is 9.10. The van der Waals surface area contributed by atoms with E-state index in [1.165, 1.54) is 0 Å². The van der Waals surface area contributed by atoms with Gasteiger partial charge in [-0.1, -0.05) is 45.2 Å². The molecule has 0 spiro atoms. The average molecular weight is 389 g/mol. The fourth-order valence-electron chi connectivity index (χ4n) is 1.60. The molecule has 0 radical (unpaired) electrons. The Morgan fingerprint density at radius 3 is 2.52 bits per heavy atom. The number of hydrogen-bond acceptors (Lipinski definition) is 2. The van der Waals surface area contributed by atoms with Crippen molar-refractivity contribution in [2.45, 2.75) is 13.0 Å². The highest BCUT2D eigenvalue weighted by Gasteiger charge is 2.17. The molecule has 0 unspecified atom stereocenters. The summed E-state index contributed by atoms with van der Waals surface area (Å²) in [6.07, 6.45) is -0.704. The Balaban J connectivity index is 2.02. The average Bonchev–Trinajstić information content (AvgIpc) is 2.46. The molecule has 1 amide bonds. The van der Waals surface area contributed by atoms with Gasteiger partial charge in [0.1, 0.15) is 10.8 Å². The first kappa shape index (κ1) is 16.1. The van der Waals surface area contributed by atoms with Crippen LogP contribution in [0.25, 0.3) is 0 Å². The molecule has 1 N–H and O–H groups in total. The van der Waals surface area contributed by atoms with Crippen molar-refractivity contribution in [1.82, 2.24) is 0 Å². The van der Waals surface area contributed by atoms with E-state index in [4.69, 9.17) is 27.9 Å². The first-order valence-corrected chi connectivity index (χ1v) is 7.69. The molecular weight excluding hydrogens is 377 g/mol. The predicted molar refractivity (Wildman–Crippen MR) is 89.3 cm³/mol. The zero-order chi connectivity index (χ0) is 15.4. The van der Waals surface area contributed by atoms with Gasteiger partial charge in [0.2, 0.25) is 0 Å². The summed E-state index contributed by atoms with van der Waals surface area (Å²) < 4.78 is 6.49. The van der Waals surface area contributed by atoms with Gasteiger partial charge in [0, 0.05) is 10.2 Å². The van der Waals surface area contributed by atoms with Gasteiger partial charge in [0.05, 0.1) is 5.02 Å². The maximum absolute atomic E-state index is 12.1. The van der Waals surface area contributed by atoms with Gasteiger partial charge in [0.25, 0.3) is 5.91 Å². The molecule has 2 rings (SSSR count). The zero-order valence-corrected chi connectivity index (χ0v) is 14.2. The van der Waals surface area contributed by atoms with Crippen molar-refractivity contribution in [3.8, 4) is 5.75 Å². The summed E-state index contributed by atoms with van der Waals surface area (Å²) in [5.41, 5.74) is 0.691. The van der Waals surface area contributed by atoms with Crippen molar-refractivity contribution >= 4 is 50.7 Å². The molecule has 0 heterocycles. The van der Waals surface area contributed by atoms with Crippen LogP contribution in [0.5, 0.6) is 5.75 Å². The lowest BCUT2D eigenvalue weighted by atomic mass is 10.3. The lowest BCUT2D eigenvalue weighted by molar-refractivity contribution is -0.122. The van der Waals surface area contributed by atoms with Crippen LogP contribution in [0.15, 0.2) is 46.9 Å². The number of benzene rings is 2. The van der Waals surface area contributed by atoms with E-state index >= 15 is 0 Å². The van der Waals surface area contributed by atoms with Crippen molar-refractivity contribution in [3.63, 3.8) is 0 Å². The van der Waals surface area contributed by atoms with E-state index in [-0.39, 0.29) is 5.91 Å². The van der Waals surface area contributed by atoms with E-state index < -0.39 is 6.10 Å². The Morgan fingerprint density at radius 1 is 1.19 bits per heavy atom. The molecular formula is C15H12BrCl2NO2. The number of amides is 1. The molecule has 0 aliphatic carbocycles. The lowest BCUT2D eigenvalue weighted by Crippen LogP contribution is -2.30. The molecule has 2 aromatic rings. The Hall–Kier alpha value is -1.23. The molecule has 0 saturated carbocycles. The van der Waals surface area contributed by atoms with Crippen LogP contribution in [-0.4, -0.2) is 12.0 Å². The fraction of sp³-hybridized carbons (Fsp3) is 0.133. The Kier molecular flexibility index (Phi) is 5.51. The molecule has 0 saturated heterocycles. The minimum atomic E-state index is -0.704. The topological polar surface area (TPSA) is 38.3 Å². The van der Waals surface area contributed by atoms with Crippen LogP contribution in [0.3, 0.4) is 0 Å². The summed E-state index contributed by atoms with van der Waals surface area (Å²) in [4.78, 5) is 12.1. The maximum atomic E-state index is 12.1. The number of hydrogen-bond donors (Lipinski definition) is 1. The summed E-state index contributed by atoms with van der Waals surface area (Å²) in [6, 6.07) is 12.3. The van der Waals surface area contributed by atoms with Crippen molar-refractivity contribution in [1.29, 1.82) is 0 Å². The van der Waals surface area contributed by atoms with Gasteiger partial charge in [0.15, 0.2) is 6.10 Å². The molecule has 6 heteroatoms. The number of carbonyl (C=O) groups excluding carboxylic acids is 1. The van der Waals surface area contributed by atoms with Gasteiger partial charge < -0.3 is 10.1 Å². The summed E-state index contributed by atoms with van der Waals surface area (Å²) in [5.74, 6) is 0.107. The van der Waals surface area contributed by atoms with Gasteiger partial charge in [-0.15, -0.1) is 0 Å². The standard InChI is InChI=1S/C15H12BrCl2NO2/c1-9(21-13-4-2-3-12(17)14(13)18)15(20)19-11-7-5-10(16)6-8-11/h2-9H,1H3,(H,19,20)/t9-/m1/s1. The van der Waals surface area contributed by atoms with E-state index in [9.17, 15) is 4.79 Å². The molecule has 110 valence electrons. The van der Waals surface area contributed by atoms with Gasteiger partial charge in [-0.3, -0.25) is 4.79 Å². The summed E-state index contributed by atoms with van der Waals surface area (Å²) >= 11 is 15.3. The number of ether oxygens (including phenoxy) is 1. The second-order valence-corrected chi connectivity index (χ2v) is 6.01. The Labute approximate surface area is 141 Å².